The minimum atomic E-state index is 0.731. The summed E-state index contributed by atoms with van der Waals surface area (Å²) < 4.78 is 0. The number of nitrogens with one attached hydrogen (secondary N) is 1. The molecule has 0 spiro atoms. The van der Waals surface area contributed by atoms with Gasteiger partial charge in [-0.25, -0.2) is 0 Å². The Kier molecular flexibility index (Phi) is 5.97. The van der Waals surface area contributed by atoms with Crippen molar-refractivity contribution in [2.45, 2.75) is 76.8 Å². The van der Waals surface area contributed by atoms with Crippen LogP contribution in [-0.2, 0) is 0 Å². The fourth-order valence-corrected chi connectivity index (χ4v) is 4.07. The molecule has 0 aromatic carbocycles. The van der Waals surface area contributed by atoms with Crippen LogP contribution in [0.1, 0.15) is 64.7 Å². The van der Waals surface area contributed by atoms with Crippen LogP contribution in [-0.4, -0.2) is 37.1 Å². The molecule has 1 unspecified atom stereocenters. The second-order valence-electron chi connectivity index (χ2n) is 6.32. The van der Waals surface area contributed by atoms with E-state index in [0.29, 0.717) is 0 Å². The summed E-state index contributed by atoms with van der Waals surface area (Å²) >= 11 is 0. The van der Waals surface area contributed by atoms with Crippen molar-refractivity contribution in [1.29, 1.82) is 0 Å². The normalized spacial score (nSPS) is 24.8. The monoisotopic (exact) mass is 252 g/mol. The average molecular weight is 252 g/mol. The van der Waals surface area contributed by atoms with E-state index in [4.69, 9.17) is 0 Å². The second kappa shape index (κ2) is 7.49. The summed E-state index contributed by atoms with van der Waals surface area (Å²) in [5.74, 6) is 0.938. The fraction of sp³-hybridized carbons (Fsp3) is 1.00. The lowest BCUT2D eigenvalue weighted by atomic mass is 9.92. The number of likely N-dealkylation sites (N-methyl/N-ethyl adjacent to an activating group) is 2. The summed E-state index contributed by atoms with van der Waals surface area (Å²) in [7, 11) is 2.16. The zero-order valence-electron chi connectivity index (χ0n) is 12.5. The molecule has 2 aliphatic rings. The Bertz CT molecular complexity index is 217. The third kappa shape index (κ3) is 3.71. The first-order valence-corrected chi connectivity index (χ1v) is 8.26. The predicted octanol–water partition coefficient (Wildman–Crippen LogP) is 3.42. The van der Waals surface area contributed by atoms with Crippen molar-refractivity contribution in [2.75, 3.05) is 20.1 Å². The van der Waals surface area contributed by atoms with Crippen LogP contribution in [0.4, 0.5) is 0 Å². The van der Waals surface area contributed by atoms with Gasteiger partial charge in [0.2, 0.25) is 0 Å². The van der Waals surface area contributed by atoms with E-state index >= 15 is 0 Å². The molecule has 0 amide bonds. The molecule has 2 nitrogen and oxygen atoms in total. The first kappa shape index (κ1) is 14.3. The summed E-state index contributed by atoms with van der Waals surface area (Å²) in [4.78, 5) is 2.76. The highest BCUT2D eigenvalue weighted by atomic mass is 15.2. The highest BCUT2D eigenvalue weighted by Crippen LogP contribution is 2.29. The van der Waals surface area contributed by atoms with E-state index in [1.807, 2.05) is 0 Å². The maximum absolute atomic E-state index is 3.61. The molecule has 0 radical (unpaired) electrons. The Balaban J connectivity index is 1.86. The predicted molar refractivity (Wildman–Crippen MR) is 78.9 cm³/mol. The molecule has 0 aromatic rings. The van der Waals surface area contributed by atoms with E-state index < -0.39 is 0 Å². The minimum Gasteiger partial charge on any atom is -0.315 e. The van der Waals surface area contributed by atoms with Crippen molar-refractivity contribution < 1.29 is 0 Å². The van der Waals surface area contributed by atoms with Crippen LogP contribution in [0.15, 0.2) is 0 Å². The van der Waals surface area contributed by atoms with Gasteiger partial charge in [0.05, 0.1) is 0 Å². The van der Waals surface area contributed by atoms with Crippen LogP contribution in [0.5, 0.6) is 0 Å². The van der Waals surface area contributed by atoms with Crippen LogP contribution in [0, 0.1) is 5.92 Å². The Morgan fingerprint density at radius 1 is 1.00 bits per heavy atom. The van der Waals surface area contributed by atoms with Crippen LogP contribution >= 0.6 is 0 Å². The summed E-state index contributed by atoms with van der Waals surface area (Å²) in [5.41, 5.74) is 0. The van der Waals surface area contributed by atoms with Crippen molar-refractivity contribution in [3.05, 3.63) is 0 Å². The zero-order valence-corrected chi connectivity index (χ0v) is 12.5. The highest BCUT2D eigenvalue weighted by Gasteiger charge is 2.28. The van der Waals surface area contributed by atoms with E-state index in [0.717, 1.165) is 18.0 Å². The largest absolute Gasteiger partial charge is 0.315 e. The van der Waals surface area contributed by atoms with Crippen LogP contribution in [0.25, 0.3) is 0 Å². The molecule has 0 aromatic heterocycles. The van der Waals surface area contributed by atoms with E-state index in [1.165, 1.54) is 70.9 Å². The molecule has 106 valence electrons. The average Bonchev–Trinajstić information content (AvgIpc) is 2.95. The lowest BCUT2D eigenvalue weighted by Crippen LogP contribution is -2.47. The molecule has 0 bridgehead atoms. The molecule has 0 aliphatic heterocycles. The van der Waals surface area contributed by atoms with Gasteiger partial charge in [-0.2, -0.15) is 0 Å². The Morgan fingerprint density at radius 2 is 1.61 bits per heavy atom. The third-order valence-electron chi connectivity index (χ3n) is 5.27. The maximum Gasteiger partial charge on any atom is 0.0220 e. The molecule has 0 saturated heterocycles. The lowest BCUT2D eigenvalue weighted by molar-refractivity contribution is 0.135. The SMILES string of the molecule is CCN(CC(NC)C1CCCC1)C1CCCCC1. The van der Waals surface area contributed by atoms with E-state index in [9.17, 15) is 0 Å². The Morgan fingerprint density at radius 3 is 2.17 bits per heavy atom. The van der Waals surface area contributed by atoms with Crippen molar-refractivity contribution in [3.8, 4) is 0 Å². The number of hydrogen-bond acceptors (Lipinski definition) is 2. The fourth-order valence-electron chi connectivity index (χ4n) is 4.07. The molecule has 0 heterocycles. The Labute approximate surface area is 114 Å². The molecular formula is C16H32N2. The Hall–Kier alpha value is -0.0800. The van der Waals surface area contributed by atoms with Gasteiger partial charge in [0.1, 0.15) is 0 Å². The molecule has 2 saturated carbocycles. The van der Waals surface area contributed by atoms with Gasteiger partial charge in [0.15, 0.2) is 0 Å². The van der Waals surface area contributed by atoms with Gasteiger partial charge < -0.3 is 5.32 Å². The third-order valence-corrected chi connectivity index (χ3v) is 5.27. The summed E-state index contributed by atoms with van der Waals surface area (Å²) in [6.45, 7) is 4.86. The molecule has 2 fully saturated rings. The first-order valence-electron chi connectivity index (χ1n) is 8.26. The summed E-state index contributed by atoms with van der Waals surface area (Å²) in [5, 5.41) is 3.61. The number of rotatable bonds is 6. The highest BCUT2D eigenvalue weighted by molar-refractivity contribution is 4.85. The van der Waals surface area contributed by atoms with Gasteiger partial charge >= 0.3 is 0 Å². The van der Waals surface area contributed by atoms with Crippen molar-refractivity contribution in [3.63, 3.8) is 0 Å². The quantitative estimate of drug-likeness (QED) is 0.779. The summed E-state index contributed by atoms with van der Waals surface area (Å²) in [6.07, 6.45) is 13.1. The number of nitrogens with zero attached hydrogens (tertiary/aromatic N) is 1. The van der Waals surface area contributed by atoms with Crippen LogP contribution in [0.2, 0.25) is 0 Å². The lowest BCUT2D eigenvalue weighted by Gasteiger charge is -2.37. The molecule has 2 aliphatic carbocycles. The van der Waals surface area contributed by atoms with E-state index in [2.05, 4.69) is 24.2 Å². The molecule has 2 heteroatoms. The van der Waals surface area contributed by atoms with Gasteiger partial charge in [-0.05, 0) is 45.2 Å². The molecular weight excluding hydrogens is 220 g/mol. The minimum absolute atomic E-state index is 0.731. The standard InChI is InChI=1S/C16H32N2/c1-3-18(15-11-5-4-6-12-15)13-16(17-2)14-9-7-8-10-14/h14-17H,3-13H2,1-2H3. The molecule has 18 heavy (non-hydrogen) atoms. The van der Waals surface area contributed by atoms with E-state index in [-0.39, 0.29) is 0 Å². The van der Waals surface area contributed by atoms with Gasteiger partial charge in [-0.15, -0.1) is 0 Å². The van der Waals surface area contributed by atoms with Gasteiger partial charge in [0, 0.05) is 18.6 Å². The van der Waals surface area contributed by atoms with Crippen LogP contribution in [0.3, 0.4) is 0 Å². The van der Waals surface area contributed by atoms with Crippen molar-refractivity contribution in [1.82, 2.24) is 10.2 Å². The first-order chi connectivity index (χ1) is 8.85. The van der Waals surface area contributed by atoms with Gasteiger partial charge in [0.25, 0.3) is 0 Å². The van der Waals surface area contributed by atoms with Crippen molar-refractivity contribution in [2.24, 2.45) is 5.92 Å². The van der Waals surface area contributed by atoms with Crippen molar-refractivity contribution >= 4 is 0 Å². The van der Waals surface area contributed by atoms with Gasteiger partial charge in [-0.3, -0.25) is 4.90 Å². The summed E-state index contributed by atoms with van der Waals surface area (Å²) in [6, 6.07) is 1.61. The van der Waals surface area contributed by atoms with E-state index in [1.54, 1.807) is 0 Å². The number of hydrogen-bond donors (Lipinski definition) is 1. The van der Waals surface area contributed by atoms with Gasteiger partial charge in [-0.1, -0.05) is 39.0 Å². The molecule has 1 atom stereocenters. The van der Waals surface area contributed by atoms with Crippen LogP contribution < -0.4 is 5.32 Å². The zero-order chi connectivity index (χ0) is 12.8. The smallest absolute Gasteiger partial charge is 0.0220 e. The topological polar surface area (TPSA) is 15.3 Å². The second-order valence-corrected chi connectivity index (χ2v) is 6.32. The molecule has 1 N–H and O–H groups in total. The molecule has 2 rings (SSSR count). The maximum atomic E-state index is 3.61.